The number of aromatic nitrogens is 2. The molecule has 1 saturated carbocycles. The Morgan fingerprint density at radius 3 is 2.55 bits per heavy atom. The SMILES string of the molecule is CCNC(=O)N(Cc1c(CC)nn(-c2ccccc2)c1Oc1cccc(OC)c1)CC1CC1. The number of aryl methyl sites for hydroxylation is 1. The van der Waals surface area contributed by atoms with Crippen molar-refractivity contribution in [1.82, 2.24) is 20.0 Å². The minimum absolute atomic E-state index is 0.0498. The van der Waals surface area contributed by atoms with Crippen molar-refractivity contribution in [2.45, 2.75) is 39.7 Å². The number of methoxy groups -OCH3 is 1. The van der Waals surface area contributed by atoms with E-state index in [1.165, 1.54) is 12.8 Å². The maximum Gasteiger partial charge on any atom is 0.317 e. The number of urea groups is 1. The fourth-order valence-electron chi connectivity index (χ4n) is 3.83. The maximum absolute atomic E-state index is 12.9. The predicted octanol–water partition coefficient (Wildman–Crippen LogP) is 5.18. The van der Waals surface area contributed by atoms with Crippen molar-refractivity contribution in [3.63, 3.8) is 0 Å². The van der Waals surface area contributed by atoms with E-state index >= 15 is 0 Å². The Morgan fingerprint density at radius 2 is 1.88 bits per heavy atom. The molecule has 1 heterocycles. The van der Waals surface area contributed by atoms with Crippen molar-refractivity contribution in [3.8, 4) is 23.1 Å². The monoisotopic (exact) mass is 448 g/mol. The Labute approximate surface area is 195 Å². The molecule has 7 heteroatoms. The van der Waals surface area contributed by atoms with Gasteiger partial charge in [-0.3, -0.25) is 0 Å². The number of carbonyl (C=O) groups is 1. The smallest absolute Gasteiger partial charge is 0.317 e. The zero-order valence-electron chi connectivity index (χ0n) is 19.6. The van der Waals surface area contributed by atoms with Crippen molar-refractivity contribution < 1.29 is 14.3 Å². The summed E-state index contributed by atoms with van der Waals surface area (Å²) in [4.78, 5) is 14.8. The third kappa shape index (κ3) is 5.48. The van der Waals surface area contributed by atoms with E-state index in [1.807, 2.05) is 71.1 Å². The van der Waals surface area contributed by atoms with Gasteiger partial charge in [0.15, 0.2) is 0 Å². The molecule has 4 rings (SSSR count). The molecule has 0 unspecified atom stereocenters. The summed E-state index contributed by atoms with van der Waals surface area (Å²) in [6.45, 7) is 5.79. The molecule has 1 fully saturated rings. The summed E-state index contributed by atoms with van der Waals surface area (Å²) in [6, 6.07) is 17.4. The lowest BCUT2D eigenvalue weighted by atomic mass is 10.1. The molecule has 33 heavy (non-hydrogen) atoms. The van der Waals surface area contributed by atoms with E-state index in [1.54, 1.807) is 7.11 Å². The van der Waals surface area contributed by atoms with Crippen LogP contribution in [-0.4, -0.2) is 40.9 Å². The van der Waals surface area contributed by atoms with Gasteiger partial charge in [-0.15, -0.1) is 0 Å². The Morgan fingerprint density at radius 1 is 1.12 bits per heavy atom. The van der Waals surface area contributed by atoms with Gasteiger partial charge >= 0.3 is 6.03 Å². The first kappa shape index (κ1) is 22.7. The van der Waals surface area contributed by atoms with Gasteiger partial charge in [-0.05, 0) is 56.4 Å². The molecule has 0 saturated heterocycles. The van der Waals surface area contributed by atoms with Gasteiger partial charge in [0, 0.05) is 19.2 Å². The maximum atomic E-state index is 12.9. The zero-order valence-corrected chi connectivity index (χ0v) is 19.6. The standard InChI is InChI=1S/C26H32N4O3/c1-4-24-23(18-29(17-19-14-15-19)26(31)27-5-2)25(30(28-24)20-10-7-6-8-11-20)33-22-13-9-12-21(16-22)32-3/h6-13,16,19H,4-5,14-15,17-18H2,1-3H3,(H,27,31). The number of ether oxygens (including phenoxy) is 2. The van der Waals surface area contributed by atoms with Crippen molar-refractivity contribution in [1.29, 1.82) is 0 Å². The van der Waals surface area contributed by atoms with Crippen LogP contribution in [0.2, 0.25) is 0 Å². The Balaban J connectivity index is 1.76. The van der Waals surface area contributed by atoms with Crippen molar-refractivity contribution in [2.75, 3.05) is 20.2 Å². The molecule has 0 radical (unpaired) electrons. The molecule has 7 nitrogen and oxygen atoms in total. The number of nitrogens with zero attached hydrogens (tertiary/aromatic N) is 3. The second-order valence-electron chi connectivity index (χ2n) is 8.27. The molecular formula is C26H32N4O3. The molecule has 1 aliphatic carbocycles. The highest BCUT2D eigenvalue weighted by atomic mass is 16.5. The van der Waals surface area contributed by atoms with Crippen LogP contribution in [0.5, 0.6) is 17.4 Å². The first-order chi connectivity index (χ1) is 16.1. The van der Waals surface area contributed by atoms with Gasteiger partial charge in [0.25, 0.3) is 0 Å². The number of carbonyl (C=O) groups excluding carboxylic acids is 1. The van der Waals surface area contributed by atoms with E-state index in [2.05, 4.69) is 12.2 Å². The van der Waals surface area contributed by atoms with Crippen molar-refractivity contribution in [3.05, 3.63) is 65.9 Å². The number of benzene rings is 2. The van der Waals surface area contributed by atoms with Crippen LogP contribution in [0.15, 0.2) is 54.6 Å². The molecular weight excluding hydrogens is 416 g/mol. The Hall–Kier alpha value is -3.48. The number of hydrogen-bond donors (Lipinski definition) is 1. The fraction of sp³-hybridized carbons (Fsp3) is 0.385. The predicted molar refractivity (Wildman–Crippen MR) is 128 cm³/mol. The van der Waals surface area contributed by atoms with Gasteiger partial charge in [-0.25, -0.2) is 9.48 Å². The van der Waals surface area contributed by atoms with Crippen LogP contribution in [0, 0.1) is 5.92 Å². The molecule has 0 spiro atoms. The lowest BCUT2D eigenvalue weighted by molar-refractivity contribution is 0.192. The first-order valence-electron chi connectivity index (χ1n) is 11.6. The molecule has 2 aromatic carbocycles. The number of rotatable bonds is 10. The molecule has 1 N–H and O–H groups in total. The third-order valence-corrected chi connectivity index (χ3v) is 5.75. The third-order valence-electron chi connectivity index (χ3n) is 5.75. The van der Waals surface area contributed by atoms with Gasteiger partial charge in [0.2, 0.25) is 5.88 Å². The molecule has 1 aromatic heterocycles. The normalized spacial score (nSPS) is 12.9. The summed E-state index contributed by atoms with van der Waals surface area (Å²) >= 11 is 0. The Kier molecular flexibility index (Phi) is 7.17. The minimum atomic E-state index is -0.0498. The number of para-hydroxylation sites is 1. The average molecular weight is 449 g/mol. The van der Waals surface area contributed by atoms with Crippen LogP contribution in [0.3, 0.4) is 0 Å². The topological polar surface area (TPSA) is 68.6 Å². The largest absolute Gasteiger partial charge is 0.497 e. The lowest BCUT2D eigenvalue weighted by Crippen LogP contribution is -2.40. The number of hydrogen-bond acceptors (Lipinski definition) is 4. The van der Waals surface area contributed by atoms with Crippen LogP contribution >= 0.6 is 0 Å². The average Bonchev–Trinajstić information content (AvgIpc) is 3.60. The molecule has 0 aliphatic heterocycles. The summed E-state index contributed by atoms with van der Waals surface area (Å²) in [5.74, 6) is 2.57. The zero-order chi connectivity index (χ0) is 23.2. The van der Waals surface area contributed by atoms with Gasteiger partial charge in [-0.2, -0.15) is 5.10 Å². The number of amides is 2. The minimum Gasteiger partial charge on any atom is -0.497 e. The highest BCUT2D eigenvalue weighted by Crippen LogP contribution is 2.35. The lowest BCUT2D eigenvalue weighted by Gasteiger charge is -2.23. The summed E-state index contributed by atoms with van der Waals surface area (Å²) in [6.07, 6.45) is 3.08. The van der Waals surface area contributed by atoms with Crippen LogP contribution < -0.4 is 14.8 Å². The van der Waals surface area contributed by atoms with Crippen molar-refractivity contribution in [2.24, 2.45) is 5.92 Å². The second kappa shape index (κ2) is 10.4. The molecule has 3 aromatic rings. The second-order valence-corrected chi connectivity index (χ2v) is 8.27. The van der Waals surface area contributed by atoms with E-state index in [-0.39, 0.29) is 6.03 Å². The van der Waals surface area contributed by atoms with Gasteiger partial charge < -0.3 is 19.7 Å². The first-order valence-corrected chi connectivity index (χ1v) is 11.6. The highest BCUT2D eigenvalue weighted by molar-refractivity contribution is 5.74. The number of nitrogens with one attached hydrogen (secondary N) is 1. The fourth-order valence-corrected chi connectivity index (χ4v) is 3.83. The highest BCUT2D eigenvalue weighted by Gasteiger charge is 2.29. The summed E-state index contributed by atoms with van der Waals surface area (Å²) in [7, 11) is 1.63. The van der Waals surface area contributed by atoms with E-state index in [4.69, 9.17) is 14.6 Å². The van der Waals surface area contributed by atoms with Gasteiger partial charge in [-0.1, -0.05) is 31.2 Å². The van der Waals surface area contributed by atoms with Crippen LogP contribution in [0.4, 0.5) is 4.79 Å². The molecule has 1 aliphatic rings. The molecule has 0 atom stereocenters. The molecule has 174 valence electrons. The van der Waals surface area contributed by atoms with Crippen LogP contribution in [-0.2, 0) is 13.0 Å². The van der Waals surface area contributed by atoms with E-state index in [9.17, 15) is 4.79 Å². The van der Waals surface area contributed by atoms with E-state index < -0.39 is 0 Å². The van der Waals surface area contributed by atoms with Crippen LogP contribution in [0.1, 0.15) is 37.9 Å². The summed E-state index contributed by atoms with van der Waals surface area (Å²) < 4.78 is 13.7. The summed E-state index contributed by atoms with van der Waals surface area (Å²) in [5.41, 5.74) is 2.75. The van der Waals surface area contributed by atoms with E-state index in [0.29, 0.717) is 36.4 Å². The van der Waals surface area contributed by atoms with Gasteiger partial charge in [0.05, 0.1) is 30.6 Å². The quantitative estimate of drug-likeness (QED) is 0.464. The molecule has 2 amide bonds. The van der Waals surface area contributed by atoms with Crippen LogP contribution in [0.25, 0.3) is 5.69 Å². The molecule has 0 bridgehead atoms. The Bertz CT molecular complexity index is 1080. The summed E-state index contributed by atoms with van der Waals surface area (Å²) in [5, 5.41) is 7.85. The van der Waals surface area contributed by atoms with E-state index in [0.717, 1.165) is 29.9 Å². The van der Waals surface area contributed by atoms with Gasteiger partial charge in [0.1, 0.15) is 11.5 Å². The van der Waals surface area contributed by atoms with Crippen molar-refractivity contribution >= 4 is 6.03 Å².